The summed E-state index contributed by atoms with van der Waals surface area (Å²) in [4.78, 5) is 13.0. The first-order chi connectivity index (χ1) is 13.3. The van der Waals surface area contributed by atoms with Gasteiger partial charge in [0.05, 0.1) is 10.9 Å². The van der Waals surface area contributed by atoms with E-state index in [4.69, 9.17) is 0 Å². The normalized spacial score (nSPS) is 17.2. The third kappa shape index (κ3) is 4.45. The summed E-state index contributed by atoms with van der Waals surface area (Å²) in [6.45, 7) is 6.48. The van der Waals surface area contributed by atoms with Crippen LogP contribution in [0, 0.1) is 19.8 Å². The van der Waals surface area contributed by atoms with Gasteiger partial charge >= 0.3 is 0 Å². The summed E-state index contributed by atoms with van der Waals surface area (Å²) in [5.41, 5.74) is 2.86. The molecule has 0 radical (unpaired) electrons. The van der Waals surface area contributed by atoms with Crippen molar-refractivity contribution < 1.29 is 13.2 Å². The summed E-state index contributed by atoms with van der Waals surface area (Å²) >= 11 is 0. The summed E-state index contributed by atoms with van der Waals surface area (Å²) in [6, 6.07) is 15.2. The Morgan fingerprint density at radius 1 is 1.07 bits per heavy atom. The average Bonchev–Trinajstić information content (AvgIpc) is 2.68. The minimum absolute atomic E-state index is 0.0000764. The topological polar surface area (TPSA) is 66.5 Å². The molecule has 0 aromatic heterocycles. The SMILES string of the molecule is Cc1ccc(S(=O)(=O)N2CCC(C(=O)NC(C)c3ccccc3)CC2)c(C)c1. The van der Waals surface area contributed by atoms with E-state index in [9.17, 15) is 13.2 Å². The number of piperidine rings is 1. The van der Waals surface area contributed by atoms with Gasteiger partial charge in [-0.3, -0.25) is 4.79 Å². The van der Waals surface area contributed by atoms with Gasteiger partial charge < -0.3 is 5.32 Å². The molecule has 150 valence electrons. The Balaban J connectivity index is 1.61. The molecule has 1 saturated heterocycles. The predicted octanol–water partition coefficient (Wildman–Crippen LogP) is 3.58. The van der Waals surface area contributed by atoms with Crippen LogP contribution in [0.1, 0.15) is 42.5 Å². The molecular weight excluding hydrogens is 372 g/mol. The zero-order chi connectivity index (χ0) is 20.3. The van der Waals surface area contributed by atoms with Crippen LogP contribution >= 0.6 is 0 Å². The monoisotopic (exact) mass is 400 g/mol. The second-order valence-electron chi connectivity index (χ2n) is 7.59. The first kappa shape index (κ1) is 20.6. The Labute approximate surface area is 167 Å². The smallest absolute Gasteiger partial charge is 0.243 e. The number of amides is 1. The fraction of sp³-hybridized carbons (Fsp3) is 0.409. The van der Waals surface area contributed by atoms with Gasteiger partial charge in [-0.25, -0.2) is 8.42 Å². The molecule has 28 heavy (non-hydrogen) atoms. The molecule has 2 aromatic rings. The summed E-state index contributed by atoms with van der Waals surface area (Å²) in [5, 5.41) is 3.06. The number of carbonyl (C=O) groups excluding carboxylic acids is 1. The van der Waals surface area contributed by atoms with Crippen LogP contribution in [0.25, 0.3) is 0 Å². The molecule has 1 unspecified atom stereocenters. The van der Waals surface area contributed by atoms with E-state index in [0.717, 1.165) is 16.7 Å². The van der Waals surface area contributed by atoms with Crippen LogP contribution in [0.5, 0.6) is 0 Å². The van der Waals surface area contributed by atoms with Crippen LogP contribution < -0.4 is 5.32 Å². The third-order valence-corrected chi connectivity index (χ3v) is 7.49. The summed E-state index contributed by atoms with van der Waals surface area (Å²) in [6.07, 6.45) is 1.08. The number of sulfonamides is 1. The lowest BCUT2D eigenvalue weighted by atomic mass is 9.96. The molecular formula is C22H28N2O3S. The molecule has 0 saturated carbocycles. The quantitative estimate of drug-likeness (QED) is 0.834. The lowest BCUT2D eigenvalue weighted by molar-refractivity contribution is -0.126. The molecule has 3 rings (SSSR count). The zero-order valence-electron chi connectivity index (χ0n) is 16.7. The van der Waals surface area contributed by atoms with E-state index in [0.29, 0.717) is 30.8 Å². The Morgan fingerprint density at radius 2 is 1.71 bits per heavy atom. The number of nitrogens with one attached hydrogen (secondary N) is 1. The van der Waals surface area contributed by atoms with E-state index in [1.54, 1.807) is 6.07 Å². The number of aryl methyl sites for hydroxylation is 2. The molecule has 5 nitrogen and oxygen atoms in total. The maximum atomic E-state index is 13.0. The number of carbonyl (C=O) groups is 1. The minimum Gasteiger partial charge on any atom is -0.349 e. The fourth-order valence-electron chi connectivity index (χ4n) is 3.74. The molecule has 1 atom stereocenters. The number of benzene rings is 2. The highest BCUT2D eigenvalue weighted by Gasteiger charge is 2.33. The molecule has 1 aliphatic rings. The third-order valence-electron chi connectivity index (χ3n) is 5.43. The summed E-state index contributed by atoms with van der Waals surface area (Å²) in [7, 11) is -3.52. The molecule has 1 fully saturated rings. The predicted molar refractivity (Wildman–Crippen MR) is 110 cm³/mol. The maximum absolute atomic E-state index is 13.0. The number of rotatable bonds is 5. The van der Waals surface area contributed by atoms with Crippen molar-refractivity contribution in [1.82, 2.24) is 9.62 Å². The standard InChI is InChI=1S/C22H28N2O3S/c1-16-9-10-21(17(2)15-16)28(26,27)24-13-11-20(12-14-24)22(25)23-18(3)19-7-5-4-6-8-19/h4-10,15,18,20H,11-14H2,1-3H3,(H,23,25). The highest BCUT2D eigenvalue weighted by atomic mass is 32.2. The van der Waals surface area contributed by atoms with E-state index >= 15 is 0 Å². The van der Waals surface area contributed by atoms with Crippen molar-refractivity contribution in [3.63, 3.8) is 0 Å². The molecule has 0 aliphatic carbocycles. The molecule has 0 bridgehead atoms. The van der Waals surface area contributed by atoms with E-state index in [1.807, 2.05) is 63.2 Å². The van der Waals surface area contributed by atoms with Gasteiger partial charge in [-0.1, -0.05) is 48.0 Å². The van der Waals surface area contributed by atoms with Crippen molar-refractivity contribution in [2.24, 2.45) is 5.92 Å². The van der Waals surface area contributed by atoms with E-state index in [-0.39, 0.29) is 17.9 Å². The molecule has 1 amide bonds. The molecule has 0 spiro atoms. The van der Waals surface area contributed by atoms with Crippen LogP contribution in [-0.4, -0.2) is 31.7 Å². The first-order valence-electron chi connectivity index (χ1n) is 9.72. The summed E-state index contributed by atoms with van der Waals surface area (Å²) < 4.78 is 27.5. The highest BCUT2D eigenvalue weighted by Crippen LogP contribution is 2.26. The average molecular weight is 401 g/mol. The van der Waals surface area contributed by atoms with Crippen LogP contribution in [0.4, 0.5) is 0 Å². The van der Waals surface area contributed by atoms with Crippen molar-refractivity contribution in [2.45, 2.75) is 44.6 Å². The van der Waals surface area contributed by atoms with Gasteiger partial charge in [0.1, 0.15) is 0 Å². The van der Waals surface area contributed by atoms with Crippen molar-refractivity contribution in [3.05, 3.63) is 65.2 Å². The van der Waals surface area contributed by atoms with Gasteiger partial charge in [-0.05, 0) is 50.8 Å². The largest absolute Gasteiger partial charge is 0.349 e. The van der Waals surface area contributed by atoms with Crippen LogP contribution in [0.3, 0.4) is 0 Å². The fourth-order valence-corrected chi connectivity index (χ4v) is 5.42. The number of hydrogen-bond acceptors (Lipinski definition) is 3. The van der Waals surface area contributed by atoms with Gasteiger partial charge in [0.15, 0.2) is 0 Å². The molecule has 1 aliphatic heterocycles. The molecule has 6 heteroatoms. The van der Waals surface area contributed by atoms with E-state index in [2.05, 4.69) is 5.32 Å². The second-order valence-corrected chi connectivity index (χ2v) is 9.49. The van der Waals surface area contributed by atoms with E-state index in [1.165, 1.54) is 4.31 Å². The van der Waals surface area contributed by atoms with Gasteiger partial charge in [0, 0.05) is 19.0 Å². The van der Waals surface area contributed by atoms with Gasteiger partial charge in [0.2, 0.25) is 15.9 Å². The molecule has 2 aromatic carbocycles. The minimum atomic E-state index is -3.52. The Kier molecular flexibility index (Phi) is 6.20. The lowest BCUT2D eigenvalue weighted by Crippen LogP contribution is -2.43. The van der Waals surface area contributed by atoms with Crippen LogP contribution in [0.2, 0.25) is 0 Å². The Hall–Kier alpha value is -2.18. The number of hydrogen-bond donors (Lipinski definition) is 1. The molecule has 1 heterocycles. The first-order valence-corrected chi connectivity index (χ1v) is 11.2. The summed E-state index contributed by atoms with van der Waals surface area (Å²) in [5.74, 6) is -0.156. The highest BCUT2D eigenvalue weighted by molar-refractivity contribution is 7.89. The van der Waals surface area contributed by atoms with Gasteiger partial charge in [0.25, 0.3) is 0 Å². The van der Waals surface area contributed by atoms with Gasteiger partial charge in [-0.15, -0.1) is 0 Å². The van der Waals surface area contributed by atoms with Crippen molar-refractivity contribution in [1.29, 1.82) is 0 Å². The number of nitrogens with zero attached hydrogens (tertiary/aromatic N) is 1. The van der Waals surface area contributed by atoms with E-state index < -0.39 is 10.0 Å². The van der Waals surface area contributed by atoms with Crippen molar-refractivity contribution in [2.75, 3.05) is 13.1 Å². The zero-order valence-corrected chi connectivity index (χ0v) is 17.5. The van der Waals surface area contributed by atoms with Crippen LogP contribution in [0.15, 0.2) is 53.4 Å². The molecule has 1 N–H and O–H groups in total. The van der Waals surface area contributed by atoms with Crippen molar-refractivity contribution >= 4 is 15.9 Å². The lowest BCUT2D eigenvalue weighted by Gasteiger charge is -2.31. The second kappa shape index (κ2) is 8.45. The van der Waals surface area contributed by atoms with Crippen molar-refractivity contribution in [3.8, 4) is 0 Å². The maximum Gasteiger partial charge on any atom is 0.243 e. The Bertz CT molecular complexity index is 934. The van der Waals surface area contributed by atoms with Crippen LogP contribution in [-0.2, 0) is 14.8 Å². The Morgan fingerprint density at radius 3 is 2.32 bits per heavy atom. The van der Waals surface area contributed by atoms with Gasteiger partial charge in [-0.2, -0.15) is 4.31 Å².